The molecular formula is C11H22N2O. The van der Waals surface area contributed by atoms with Crippen LogP contribution in [-0.4, -0.2) is 62.8 Å². The van der Waals surface area contributed by atoms with Gasteiger partial charge in [0, 0.05) is 39.8 Å². The summed E-state index contributed by atoms with van der Waals surface area (Å²) in [5.41, 5.74) is 0. The second-order valence-corrected chi connectivity index (χ2v) is 4.82. The fraction of sp³-hybridized carbons (Fsp3) is 1.00. The molecule has 2 aliphatic rings. The third-order valence-electron chi connectivity index (χ3n) is 3.52. The third-order valence-corrected chi connectivity index (χ3v) is 3.52. The standard InChI is InChI=1S/C11H22N2O/c1-12-7-10(8-12)9-13-5-3-11(14-2)4-6-13/h10-11H,3-9H2,1-2H3. The molecule has 0 radical (unpaired) electrons. The summed E-state index contributed by atoms with van der Waals surface area (Å²) in [6, 6.07) is 0. The molecule has 0 saturated carbocycles. The topological polar surface area (TPSA) is 15.7 Å². The molecule has 0 aromatic carbocycles. The molecule has 14 heavy (non-hydrogen) atoms. The molecule has 2 heterocycles. The lowest BCUT2D eigenvalue weighted by Crippen LogP contribution is -2.50. The van der Waals surface area contributed by atoms with E-state index in [-0.39, 0.29) is 0 Å². The van der Waals surface area contributed by atoms with E-state index in [1.165, 1.54) is 45.6 Å². The smallest absolute Gasteiger partial charge is 0.0595 e. The molecule has 0 amide bonds. The zero-order valence-electron chi connectivity index (χ0n) is 9.41. The van der Waals surface area contributed by atoms with E-state index in [1.54, 1.807) is 0 Å². The van der Waals surface area contributed by atoms with Crippen LogP contribution in [0.1, 0.15) is 12.8 Å². The molecular weight excluding hydrogens is 176 g/mol. The van der Waals surface area contributed by atoms with Crippen LogP contribution in [0.2, 0.25) is 0 Å². The summed E-state index contributed by atoms with van der Waals surface area (Å²) in [4.78, 5) is 5.00. The van der Waals surface area contributed by atoms with Crippen LogP contribution in [0.15, 0.2) is 0 Å². The van der Waals surface area contributed by atoms with Crippen LogP contribution in [0.5, 0.6) is 0 Å². The van der Waals surface area contributed by atoms with Crippen molar-refractivity contribution in [1.29, 1.82) is 0 Å². The van der Waals surface area contributed by atoms with E-state index in [4.69, 9.17) is 4.74 Å². The predicted molar refractivity (Wildman–Crippen MR) is 57.5 cm³/mol. The minimum Gasteiger partial charge on any atom is -0.381 e. The largest absolute Gasteiger partial charge is 0.381 e. The molecule has 0 aromatic heterocycles. The predicted octanol–water partition coefficient (Wildman–Crippen LogP) is 0.659. The first-order valence-corrected chi connectivity index (χ1v) is 5.71. The number of rotatable bonds is 3. The van der Waals surface area contributed by atoms with E-state index < -0.39 is 0 Å². The average molecular weight is 198 g/mol. The van der Waals surface area contributed by atoms with Crippen molar-refractivity contribution in [3.63, 3.8) is 0 Å². The van der Waals surface area contributed by atoms with Crippen LogP contribution < -0.4 is 0 Å². The molecule has 0 unspecified atom stereocenters. The molecule has 2 fully saturated rings. The zero-order chi connectivity index (χ0) is 9.97. The van der Waals surface area contributed by atoms with Gasteiger partial charge in [-0.3, -0.25) is 0 Å². The number of nitrogens with zero attached hydrogens (tertiary/aromatic N) is 2. The Morgan fingerprint density at radius 2 is 1.86 bits per heavy atom. The molecule has 2 rings (SSSR count). The second kappa shape index (κ2) is 4.60. The van der Waals surface area contributed by atoms with Crippen LogP contribution in [0.25, 0.3) is 0 Å². The number of likely N-dealkylation sites (tertiary alicyclic amines) is 2. The maximum atomic E-state index is 5.37. The van der Waals surface area contributed by atoms with Gasteiger partial charge < -0.3 is 14.5 Å². The maximum Gasteiger partial charge on any atom is 0.0595 e. The summed E-state index contributed by atoms with van der Waals surface area (Å²) in [5.74, 6) is 0.930. The lowest BCUT2D eigenvalue weighted by molar-refractivity contribution is 0.0218. The van der Waals surface area contributed by atoms with Crippen LogP contribution in [0.4, 0.5) is 0 Å². The van der Waals surface area contributed by atoms with Gasteiger partial charge >= 0.3 is 0 Å². The number of piperidine rings is 1. The Bertz CT molecular complexity index is 172. The molecule has 82 valence electrons. The van der Waals surface area contributed by atoms with Crippen molar-refractivity contribution < 1.29 is 4.74 Å². The Morgan fingerprint density at radius 1 is 1.21 bits per heavy atom. The Kier molecular flexibility index (Phi) is 3.42. The number of hydrogen-bond acceptors (Lipinski definition) is 3. The summed E-state index contributed by atoms with van der Waals surface area (Å²) in [5, 5.41) is 0. The Labute approximate surface area is 87.0 Å². The molecule has 0 atom stereocenters. The lowest BCUT2D eigenvalue weighted by Gasteiger charge is -2.41. The third kappa shape index (κ3) is 2.47. The highest BCUT2D eigenvalue weighted by atomic mass is 16.5. The summed E-state index contributed by atoms with van der Waals surface area (Å²) in [7, 11) is 4.04. The molecule has 3 nitrogen and oxygen atoms in total. The molecule has 2 aliphatic heterocycles. The van der Waals surface area contributed by atoms with Gasteiger partial charge in [-0.05, 0) is 25.8 Å². The minimum absolute atomic E-state index is 0.523. The first-order chi connectivity index (χ1) is 6.78. The summed E-state index contributed by atoms with van der Waals surface area (Å²) >= 11 is 0. The van der Waals surface area contributed by atoms with Crippen LogP contribution in [-0.2, 0) is 4.74 Å². The van der Waals surface area contributed by atoms with Crippen molar-refractivity contribution in [1.82, 2.24) is 9.80 Å². The normalized spacial score (nSPS) is 27.9. The van der Waals surface area contributed by atoms with E-state index in [2.05, 4.69) is 16.8 Å². The summed E-state index contributed by atoms with van der Waals surface area (Å²) in [6.07, 6.45) is 2.97. The summed E-state index contributed by atoms with van der Waals surface area (Å²) in [6.45, 7) is 6.37. The van der Waals surface area contributed by atoms with E-state index in [9.17, 15) is 0 Å². The van der Waals surface area contributed by atoms with Crippen molar-refractivity contribution in [2.24, 2.45) is 5.92 Å². The van der Waals surface area contributed by atoms with Crippen molar-refractivity contribution >= 4 is 0 Å². The highest BCUT2D eigenvalue weighted by Crippen LogP contribution is 2.18. The fourth-order valence-electron chi connectivity index (χ4n) is 2.64. The van der Waals surface area contributed by atoms with Gasteiger partial charge in [0.2, 0.25) is 0 Å². The first kappa shape index (κ1) is 10.4. The minimum atomic E-state index is 0.523. The van der Waals surface area contributed by atoms with Gasteiger partial charge in [0.1, 0.15) is 0 Å². The first-order valence-electron chi connectivity index (χ1n) is 5.71. The van der Waals surface area contributed by atoms with Gasteiger partial charge in [-0.15, -0.1) is 0 Å². The highest BCUT2D eigenvalue weighted by molar-refractivity contribution is 4.82. The van der Waals surface area contributed by atoms with Crippen LogP contribution in [0.3, 0.4) is 0 Å². The monoisotopic (exact) mass is 198 g/mol. The van der Waals surface area contributed by atoms with E-state index in [0.29, 0.717) is 6.10 Å². The van der Waals surface area contributed by atoms with Gasteiger partial charge in [0.15, 0.2) is 0 Å². The molecule has 3 heteroatoms. The number of methoxy groups -OCH3 is 1. The molecule has 0 spiro atoms. The van der Waals surface area contributed by atoms with Gasteiger partial charge in [-0.25, -0.2) is 0 Å². The Morgan fingerprint density at radius 3 is 2.36 bits per heavy atom. The van der Waals surface area contributed by atoms with Crippen LogP contribution in [0, 0.1) is 5.92 Å². The van der Waals surface area contributed by atoms with Crippen molar-refractivity contribution in [3.05, 3.63) is 0 Å². The molecule has 0 N–H and O–H groups in total. The SMILES string of the molecule is COC1CCN(CC2CN(C)C2)CC1. The number of hydrogen-bond donors (Lipinski definition) is 0. The highest BCUT2D eigenvalue weighted by Gasteiger charge is 2.27. The Balaban J connectivity index is 1.64. The van der Waals surface area contributed by atoms with E-state index in [1.807, 2.05) is 7.11 Å². The number of ether oxygens (including phenoxy) is 1. The van der Waals surface area contributed by atoms with E-state index >= 15 is 0 Å². The average Bonchev–Trinajstić information content (AvgIpc) is 2.17. The summed E-state index contributed by atoms with van der Waals surface area (Å²) < 4.78 is 5.37. The van der Waals surface area contributed by atoms with E-state index in [0.717, 1.165) is 5.92 Å². The zero-order valence-corrected chi connectivity index (χ0v) is 9.41. The molecule has 0 bridgehead atoms. The van der Waals surface area contributed by atoms with Gasteiger partial charge in [-0.2, -0.15) is 0 Å². The molecule has 0 aromatic rings. The van der Waals surface area contributed by atoms with Crippen molar-refractivity contribution in [2.45, 2.75) is 18.9 Å². The van der Waals surface area contributed by atoms with Gasteiger partial charge in [0.25, 0.3) is 0 Å². The van der Waals surface area contributed by atoms with Crippen molar-refractivity contribution in [2.75, 3.05) is 46.9 Å². The van der Waals surface area contributed by atoms with Crippen LogP contribution >= 0.6 is 0 Å². The van der Waals surface area contributed by atoms with Gasteiger partial charge in [-0.1, -0.05) is 0 Å². The van der Waals surface area contributed by atoms with Crippen molar-refractivity contribution in [3.8, 4) is 0 Å². The molecule has 0 aliphatic carbocycles. The quantitative estimate of drug-likeness (QED) is 0.662. The Hall–Kier alpha value is -0.120. The van der Waals surface area contributed by atoms with Gasteiger partial charge in [0.05, 0.1) is 6.10 Å². The maximum absolute atomic E-state index is 5.37. The second-order valence-electron chi connectivity index (χ2n) is 4.82. The fourth-order valence-corrected chi connectivity index (χ4v) is 2.64. The molecule has 2 saturated heterocycles. The lowest BCUT2D eigenvalue weighted by atomic mass is 9.98.